The monoisotopic (exact) mass is 398 g/mol. The zero-order valence-electron chi connectivity index (χ0n) is 16.9. The van der Waals surface area contributed by atoms with Crippen molar-refractivity contribution >= 4 is 17.7 Å². The Labute approximate surface area is 169 Å². The van der Waals surface area contributed by atoms with Crippen LogP contribution in [-0.4, -0.2) is 38.5 Å². The average Bonchev–Trinajstić information content (AvgIpc) is 3.38. The number of anilines is 1. The number of carbonyl (C=O) groups excluding carboxylic acids is 1. The van der Waals surface area contributed by atoms with Crippen molar-refractivity contribution < 1.29 is 19.4 Å². The van der Waals surface area contributed by atoms with Gasteiger partial charge in [-0.3, -0.25) is 14.4 Å². The summed E-state index contributed by atoms with van der Waals surface area (Å²) in [6, 6.07) is 3.96. The lowest BCUT2D eigenvalue weighted by Gasteiger charge is -2.36. The van der Waals surface area contributed by atoms with E-state index in [2.05, 4.69) is 5.10 Å². The molecule has 1 aliphatic carbocycles. The van der Waals surface area contributed by atoms with E-state index >= 15 is 0 Å². The van der Waals surface area contributed by atoms with Gasteiger partial charge in [-0.25, -0.2) is 4.79 Å². The molecule has 1 saturated carbocycles. The molecule has 2 heterocycles. The Morgan fingerprint density at radius 3 is 2.62 bits per heavy atom. The van der Waals surface area contributed by atoms with Gasteiger partial charge in [0.05, 0.1) is 17.9 Å². The van der Waals surface area contributed by atoms with Gasteiger partial charge in [0.2, 0.25) is 0 Å². The first-order valence-electron chi connectivity index (χ1n) is 9.90. The molecule has 3 N–H and O–H groups in total. The van der Waals surface area contributed by atoms with Gasteiger partial charge in [-0.05, 0) is 58.6 Å². The molecule has 1 atom stereocenters. The van der Waals surface area contributed by atoms with E-state index in [4.69, 9.17) is 10.5 Å². The van der Waals surface area contributed by atoms with Gasteiger partial charge in [-0.15, -0.1) is 0 Å². The molecule has 0 spiro atoms. The molecule has 0 radical (unpaired) electrons. The summed E-state index contributed by atoms with van der Waals surface area (Å²) >= 11 is 0. The number of nitrogens with two attached hydrogens (primary N) is 1. The molecule has 0 saturated heterocycles. The third-order valence-corrected chi connectivity index (χ3v) is 5.74. The van der Waals surface area contributed by atoms with Crippen LogP contribution in [0.15, 0.2) is 24.5 Å². The number of ether oxygens (including phenoxy) is 1. The maximum Gasteiger partial charge on any atom is 0.412 e. The SMILES string of the molecule is C[C@H]1CCc2c(ccc(-c3cnn(C4CC4)c3)c2OC(C)(C)C(N)=O)N1C(=O)O. The lowest BCUT2D eigenvalue weighted by atomic mass is 9.92. The fourth-order valence-electron chi connectivity index (χ4n) is 3.76. The van der Waals surface area contributed by atoms with Crippen molar-refractivity contribution in [3.8, 4) is 16.9 Å². The summed E-state index contributed by atoms with van der Waals surface area (Å²) in [5.74, 6) is -0.0891. The van der Waals surface area contributed by atoms with Crippen molar-refractivity contribution in [3.63, 3.8) is 0 Å². The first kappa shape index (κ1) is 19.3. The predicted molar refractivity (Wildman–Crippen MR) is 108 cm³/mol. The number of rotatable bonds is 5. The second kappa shape index (κ2) is 6.79. The van der Waals surface area contributed by atoms with Gasteiger partial charge in [0, 0.05) is 28.9 Å². The highest BCUT2D eigenvalue weighted by atomic mass is 16.5. The van der Waals surface area contributed by atoms with Gasteiger partial charge in [0.1, 0.15) is 5.75 Å². The van der Waals surface area contributed by atoms with Gasteiger partial charge in [-0.1, -0.05) is 0 Å². The van der Waals surface area contributed by atoms with E-state index in [-0.39, 0.29) is 6.04 Å². The Balaban J connectivity index is 1.86. The second-order valence-electron chi connectivity index (χ2n) is 8.40. The molecule has 2 aromatic rings. The molecule has 2 aliphatic rings. The highest BCUT2D eigenvalue weighted by Crippen LogP contribution is 2.45. The Hall–Kier alpha value is -3.03. The molecule has 1 aromatic carbocycles. The van der Waals surface area contributed by atoms with Crippen molar-refractivity contribution in [2.45, 2.75) is 64.1 Å². The minimum Gasteiger partial charge on any atom is -0.477 e. The number of benzene rings is 1. The van der Waals surface area contributed by atoms with E-state index in [0.29, 0.717) is 30.3 Å². The summed E-state index contributed by atoms with van der Waals surface area (Å²) in [6.07, 6.45) is 6.30. The van der Waals surface area contributed by atoms with Crippen LogP contribution in [0.5, 0.6) is 5.75 Å². The maximum absolute atomic E-state index is 11.9. The quantitative estimate of drug-likeness (QED) is 0.802. The van der Waals surface area contributed by atoms with Crippen LogP contribution in [0.4, 0.5) is 10.5 Å². The number of carboxylic acid groups (broad SMARTS) is 1. The summed E-state index contributed by atoms with van der Waals surface area (Å²) < 4.78 is 8.11. The van der Waals surface area contributed by atoms with Crippen LogP contribution in [0, 0.1) is 0 Å². The van der Waals surface area contributed by atoms with Gasteiger partial charge >= 0.3 is 6.09 Å². The Kier molecular flexibility index (Phi) is 4.52. The lowest BCUT2D eigenvalue weighted by molar-refractivity contribution is -0.130. The zero-order valence-corrected chi connectivity index (χ0v) is 16.9. The van der Waals surface area contributed by atoms with E-state index in [1.165, 1.54) is 4.90 Å². The molecule has 2 amide bonds. The summed E-state index contributed by atoms with van der Waals surface area (Å²) in [5.41, 5.74) is 7.32. The summed E-state index contributed by atoms with van der Waals surface area (Å²) in [7, 11) is 0. The minimum absolute atomic E-state index is 0.138. The maximum atomic E-state index is 11.9. The zero-order chi connectivity index (χ0) is 20.9. The van der Waals surface area contributed by atoms with Crippen LogP contribution in [0.2, 0.25) is 0 Å². The molecule has 8 heteroatoms. The molecule has 1 fully saturated rings. The fraction of sp³-hybridized carbons (Fsp3) is 0.476. The largest absolute Gasteiger partial charge is 0.477 e. The predicted octanol–water partition coefficient (Wildman–Crippen LogP) is 3.35. The Morgan fingerprint density at radius 1 is 1.28 bits per heavy atom. The van der Waals surface area contributed by atoms with Gasteiger partial charge in [0.15, 0.2) is 5.60 Å². The first-order valence-corrected chi connectivity index (χ1v) is 9.90. The number of primary amides is 1. The summed E-state index contributed by atoms with van der Waals surface area (Å²) in [6.45, 7) is 5.12. The molecule has 29 heavy (non-hydrogen) atoms. The minimum atomic E-state index is -1.24. The molecule has 8 nitrogen and oxygen atoms in total. The molecule has 1 aliphatic heterocycles. The highest BCUT2D eigenvalue weighted by Gasteiger charge is 2.35. The van der Waals surface area contributed by atoms with E-state index in [1.807, 2.05) is 29.9 Å². The second-order valence-corrected chi connectivity index (χ2v) is 8.40. The average molecular weight is 398 g/mol. The Bertz CT molecular complexity index is 977. The van der Waals surface area contributed by atoms with Crippen LogP contribution in [0.25, 0.3) is 11.1 Å². The van der Waals surface area contributed by atoms with Crippen molar-refractivity contribution in [1.82, 2.24) is 9.78 Å². The van der Waals surface area contributed by atoms with Crippen LogP contribution >= 0.6 is 0 Å². The van der Waals surface area contributed by atoms with Gasteiger partial charge in [0.25, 0.3) is 5.91 Å². The van der Waals surface area contributed by atoms with Crippen molar-refractivity contribution in [2.24, 2.45) is 5.73 Å². The molecular formula is C21H26N4O4. The molecule has 1 aromatic heterocycles. The van der Waals surface area contributed by atoms with E-state index < -0.39 is 17.6 Å². The molecule has 154 valence electrons. The third-order valence-electron chi connectivity index (χ3n) is 5.74. The van der Waals surface area contributed by atoms with Crippen LogP contribution in [0.1, 0.15) is 51.6 Å². The third kappa shape index (κ3) is 3.43. The van der Waals surface area contributed by atoms with Crippen molar-refractivity contribution in [2.75, 3.05) is 4.90 Å². The molecule has 0 unspecified atom stereocenters. The number of hydrogen-bond acceptors (Lipinski definition) is 4. The topological polar surface area (TPSA) is 111 Å². The number of aromatic nitrogens is 2. The molecule has 4 rings (SSSR count). The molecular weight excluding hydrogens is 372 g/mol. The fourth-order valence-corrected chi connectivity index (χ4v) is 3.76. The van der Waals surface area contributed by atoms with E-state index in [0.717, 1.165) is 29.5 Å². The van der Waals surface area contributed by atoms with E-state index in [1.54, 1.807) is 20.0 Å². The number of fused-ring (bicyclic) bond motifs is 1. The normalized spacial score (nSPS) is 19.0. The smallest absolute Gasteiger partial charge is 0.412 e. The van der Waals surface area contributed by atoms with Gasteiger partial charge < -0.3 is 15.6 Å². The van der Waals surface area contributed by atoms with E-state index in [9.17, 15) is 14.7 Å². The number of carbonyl (C=O) groups is 2. The summed E-state index contributed by atoms with van der Waals surface area (Å²) in [4.78, 5) is 25.2. The highest BCUT2D eigenvalue weighted by molar-refractivity contribution is 5.91. The number of nitrogens with zero attached hydrogens (tertiary/aromatic N) is 3. The van der Waals surface area contributed by atoms with Gasteiger partial charge in [-0.2, -0.15) is 5.10 Å². The standard InChI is InChI=1S/C21H26N4O4/c1-12-4-7-16-17(25(12)20(27)28)9-8-15(18(16)29-21(2,3)19(22)26)13-10-23-24(11-13)14-5-6-14/h8-12,14H,4-7H2,1-3H3,(H2,22,26)(H,27,28)/t12-/m0/s1. The number of hydrogen-bond donors (Lipinski definition) is 2. The van der Waals surface area contributed by atoms with Crippen LogP contribution in [0.3, 0.4) is 0 Å². The molecule has 0 bridgehead atoms. The van der Waals surface area contributed by atoms with Crippen LogP contribution in [-0.2, 0) is 11.2 Å². The van der Waals surface area contributed by atoms with Crippen molar-refractivity contribution in [1.29, 1.82) is 0 Å². The lowest BCUT2D eigenvalue weighted by Crippen LogP contribution is -2.44. The Morgan fingerprint density at radius 2 is 2.00 bits per heavy atom. The van der Waals surface area contributed by atoms with Crippen LogP contribution < -0.4 is 15.4 Å². The number of amides is 2. The summed E-state index contributed by atoms with van der Waals surface area (Å²) in [5, 5.41) is 14.2. The van der Waals surface area contributed by atoms with Crippen molar-refractivity contribution in [3.05, 3.63) is 30.1 Å². The first-order chi connectivity index (χ1) is 13.7.